The Labute approximate surface area is 178 Å². The summed E-state index contributed by atoms with van der Waals surface area (Å²) < 4.78 is 5.19. The van der Waals surface area contributed by atoms with Crippen molar-refractivity contribution in [2.24, 2.45) is 0 Å². The topological polar surface area (TPSA) is 107 Å². The Kier molecular flexibility index (Phi) is 5.57. The zero-order valence-electron chi connectivity index (χ0n) is 17.4. The van der Waals surface area contributed by atoms with Crippen LogP contribution in [0.2, 0.25) is 0 Å². The molecule has 0 radical (unpaired) electrons. The van der Waals surface area contributed by atoms with Crippen molar-refractivity contribution in [1.29, 1.82) is 0 Å². The van der Waals surface area contributed by atoms with Crippen LogP contribution in [0.4, 0.5) is 0 Å². The fourth-order valence-electron chi connectivity index (χ4n) is 4.00. The second-order valence-electron chi connectivity index (χ2n) is 7.73. The largest absolute Gasteiger partial charge is 0.394 e. The standard InChI is InChI=1S/C22H23N3O6/c1-23(2)7-8-24-19(27)13-3-5-15-18-16(6-4-14(17(13)18)20(24)28)22(30)25(21(15)29)9-11-31-12-10-26/h3-6,26H,7-12H2,1-2H3. The van der Waals surface area contributed by atoms with Crippen LogP contribution in [0, 0.1) is 0 Å². The summed E-state index contributed by atoms with van der Waals surface area (Å²) in [5, 5.41) is 9.53. The maximum absolute atomic E-state index is 13.1. The van der Waals surface area contributed by atoms with E-state index in [0.717, 1.165) is 4.90 Å². The third-order valence-electron chi connectivity index (χ3n) is 5.53. The molecule has 31 heavy (non-hydrogen) atoms. The third kappa shape index (κ3) is 3.40. The van der Waals surface area contributed by atoms with Gasteiger partial charge in [-0.1, -0.05) is 0 Å². The van der Waals surface area contributed by atoms with Gasteiger partial charge in [-0.2, -0.15) is 0 Å². The van der Waals surface area contributed by atoms with E-state index in [1.807, 2.05) is 19.0 Å². The van der Waals surface area contributed by atoms with Gasteiger partial charge in [0, 0.05) is 46.1 Å². The lowest BCUT2D eigenvalue weighted by Crippen LogP contribution is -2.45. The van der Waals surface area contributed by atoms with Gasteiger partial charge in [0.15, 0.2) is 0 Å². The highest BCUT2D eigenvalue weighted by atomic mass is 16.5. The smallest absolute Gasteiger partial charge is 0.261 e. The first-order chi connectivity index (χ1) is 14.9. The van der Waals surface area contributed by atoms with Crippen LogP contribution in [-0.2, 0) is 4.74 Å². The number of hydrogen-bond donors (Lipinski definition) is 1. The summed E-state index contributed by atoms with van der Waals surface area (Å²) in [6, 6.07) is 6.19. The number of nitrogens with zero attached hydrogens (tertiary/aromatic N) is 3. The predicted octanol–water partition coefficient (Wildman–Crippen LogP) is 0.602. The second kappa shape index (κ2) is 8.18. The third-order valence-corrected chi connectivity index (χ3v) is 5.53. The number of benzene rings is 2. The molecule has 9 heteroatoms. The number of carbonyl (C=O) groups is 4. The van der Waals surface area contributed by atoms with E-state index < -0.39 is 23.6 Å². The van der Waals surface area contributed by atoms with E-state index in [2.05, 4.69) is 0 Å². The number of likely N-dealkylation sites (N-methyl/N-ethyl adjacent to an activating group) is 1. The van der Waals surface area contributed by atoms with E-state index in [4.69, 9.17) is 9.84 Å². The molecule has 0 fully saturated rings. The summed E-state index contributed by atoms with van der Waals surface area (Å²) in [4.78, 5) is 56.3. The van der Waals surface area contributed by atoms with Gasteiger partial charge in [-0.15, -0.1) is 0 Å². The molecule has 4 rings (SSSR count). The van der Waals surface area contributed by atoms with Crippen molar-refractivity contribution >= 4 is 34.4 Å². The van der Waals surface area contributed by atoms with Crippen molar-refractivity contribution in [2.75, 3.05) is 53.6 Å². The minimum absolute atomic E-state index is 0.0400. The van der Waals surface area contributed by atoms with Crippen molar-refractivity contribution in [2.45, 2.75) is 0 Å². The monoisotopic (exact) mass is 425 g/mol. The van der Waals surface area contributed by atoms with Gasteiger partial charge in [0.1, 0.15) is 0 Å². The van der Waals surface area contributed by atoms with Gasteiger partial charge in [0.25, 0.3) is 23.6 Å². The number of aliphatic hydroxyl groups is 1. The van der Waals surface area contributed by atoms with Crippen LogP contribution in [-0.4, -0.2) is 97.0 Å². The molecule has 0 aromatic heterocycles. The maximum atomic E-state index is 13.1. The average molecular weight is 425 g/mol. The number of aliphatic hydroxyl groups excluding tert-OH is 1. The van der Waals surface area contributed by atoms with Crippen molar-refractivity contribution in [1.82, 2.24) is 14.7 Å². The fourth-order valence-corrected chi connectivity index (χ4v) is 4.00. The second-order valence-corrected chi connectivity index (χ2v) is 7.73. The number of imide groups is 2. The van der Waals surface area contributed by atoms with Crippen molar-refractivity contribution < 1.29 is 29.0 Å². The predicted molar refractivity (Wildman–Crippen MR) is 111 cm³/mol. The van der Waals surface area contributed by atoms with Crippen LogP contribution in [0.15, 0.2) is 24.3 Å². The van der Waals surface area contributed by atoms with E-state index in [0.29, 0.717) is 28.4 Å². The van der Waals surface area contributed by atoms with Crippen LogP contribution in [0.5, 0.6) is 0 Å². The summed E-state index contributed by atoms with van der Waals surface area (Å²) in [7, 11) is 3.71. The number of amides is 4. The van der Waals surface area contributed by atoms with E-state index in [1.165, 1.54) is 4.90 Å². The van der Waals surface area contributed by atoms with Gasteiger partial charge in [-0.3, -0.25) is 29.0 Å². The van der Waals surface area contributed by atoms with E-state index in [9.17, 15) is 19.2 Å². The van der Waals surface area contributed by atoms with Gasteiger partial charge in [-0.05, 0) is 38.4 Å². The Morgan fingerprint density at radius 1 is 0.742 bits per heavy atom. The highest BCUT2D eigenvalue weighted by Crippen LogP contribution is 2.37. The summed E-state index contributed by atoms with van der Waals surface area (Å²) >= 11 is 0. The molecular formula is C22H23N3O6. The maximum Gasteiger partial charge on any atom is 0.261 e. The lowest BCUT2D eigenvalue weighted by Gasteiger charge is -2.32. The first kappa shape index (κ1) is 21.1. The molecule has 0 aliphatic carbocycles. The minimum atomic E-state index is -0.497. The van der Waals surface area contributed by atoms with Crippen LogP contribution in [0.3, 0.4) is 0 Å². The zero-order chi connectivity index (χ0) is 22.3. The Balaban J connectivity index is 1.77. The lowest BCUT2D eigenvalue weighted by molar-refractivity contribution is 0.0475. The van der Waals surface area contributed by atoms with Crippen LogP contribution >= 0.6 is 0 Å². The normalized spacial score (nSPS) is 15.6. The number of carbonyl (C=O) groups excluding carboxylic acids is 4. The molecule has 1 N–H and O–H groups in total. The molecule has 0 bridgehead atoms. The Morgan fingerprint density at radius 2 is 1.16 bits per heavy atom. The van der Waals surface area contributed by atoms with Crippen molar-refractivity contribution in [3.63, 3.8) is 0 Å². The molecule has 0 spiro atoms. The molecule has 2 aromatic rings. The molecule has 0 atom stereocenters. The molecule has 2 aliphatic rings. The Morgan fingerprint density at radius 3 is 1.55 bits per heavy atom. The van der Waals surface area contributed by atoms with Crippen LogP contribution in [0.25, 0.3) is 10.8 Å². The number of hydrogen-bond acceptors (Lipinski definition) is 7. The first-order valence-electron chi connectivity index (χ1n) is 10.0. The fraction of sp³-hybridized carbons (Fsp3) is 0.364. The molecule has 0 saturated carbocycles. The molecule has 9 nitrogen and oxygen atoms in total. The van der Waals surface area contributed by atoms with Gasteiger partial charge >= 0.3 is 0 Å². The lowest BCUT2D eigenvalue weighted by atomic mass is 9.86. The van der Waals surface area contributed by atoms with Crippen molar-refractivity contribution in [3.8, 4) is 0 Å². The summed E-state index contributed by atoms with van der Waals surface area (Å²) in [6.45, 7) is 0.876. The summed E-state index contributed by atoms with van der Waals surface area (Å²) in [6.07, 6.45) is 0. The molecule has 4 amide bonds. The van der Waals surface area contributed by atoms with Gasteiger partial charge in [0.2, 0.25) is 0 Å². The SMILES string of the molecule is CN(C)CCN1C(=O)c2ccc3c4c(ccc(c24)C1=O)C(=O)N(CCOCCO)C3=O. The molecule has 2 aliphatic heterocycles. The average Bonchev–Trinajstić information content (AvgIpc) is 2.75. The summed E-state index contributed by atoms with van der Waals surface area (Å²) in [5.41, 5.74) is 1.18. The summed E-state index contributed by atoms with van der Waals surface area (Å²) in [5.74, 6) is -1.85. The minimum Gasteiger partial charge on any atom is -0.394 e. The van der Waals surface area contributed by atoms with Crippen LogP contribution < -0.4 is 0 Å². The quantitative estimate of drug-likeness (QED) is 0.488. The van der Waals surface area contributed by atoms with E-state index >= 15 is 0 Å². The highest BCUT2D eigenvalue weighted by Gasteiger charge is 2.39. The Bertz CT molecular complexity index is 1040. The van der Waals surface area contributed by atoms with Gasteiger partial charge in [-0.25, -0.2) is 0 Å². The number of ether oxygens (including phenoxy) is 1. The molecular weight excluding hydrogens is 402 g/mol. The molecule has 0 saturated heterocycles. The van der Waals surface area contributed by atoms with Crippen LogP contribution in [0.1, 0.15) is 41.4 Å². The molecule has 2 heterocycles. The molecule has 2 aromatic carbocycles. The molecule has 0 unspecified atom stereocenters. The molecule has 162 valence electrons. The van der Waals surface area contributed by atoms with Gasteiger partial charge < -0.3 is 14.7 Å². The highest BCUT2D eigenvalue weighted by molar-refractivity contribution is 6.33. The van der Waals surface area contributed by atoms with E-state index in [1.54, 1.807) is 24.3 Å². The Hall–Kier alpha value is -3.14. The zero-order valence-corrected chi connectivity index (χ0v) is 17.4. The van der Waals surface area contributed by atoms with Gasteiger partial charge in [0.05, 0.1) is 26.4 Å². The van der Waals surface area contributed by atoms with E-state index in [-0.39, 0.29) is 44.0 Å². The van der Waals surface area contributed by atoms with Crippen molar-refractivity contribution in [3.05, 3.63) is 46.5 Å². The first-order valence-corrected chi connectivity index (χ1v) is 10.0. The number of rotatable bonds is 8.